The number of aliphatic hydroxyl groups is 1. The highest BCUT2D eigenvalue weighted by Crippen LogP contribution is 2.23. The Bertz CT molecular complexity index is 569. The number of aliphatic hydroxyl groups excluding tert-OH is 1. The first-order valence-electron chi connectivity index (χ1n) is 5.66. The lowest BCUT2D eigenvalue weighted by Gasteiger charge is -2.10. The van der Waals surface area contributed by atoms with Crippen LogP contribution in [-0.2, 0) is 11.2 Å². The van der Waals surface area contributed by atoms with Crippen LogP contribution in [0.15, 0.2) is 30.3 Å². The fourth-order valence-electron chi connectivity index (χ4n) is 1.81. The van der Waals surface area contributed by atoms with Gasteiger partial charge in [-0.05, 0) is 12.1 Å². The van der Waals surface area contributed by atoms with Gasteiger partial charge in [-0.3, -0.25) is 9.78 Å². The average Bonchev–Trinajstić information content (AvgIpc) is 2.35. The summed E-state index contributed by atoms with van der Waals surface area (Å²) in [5.74, 6) is -0.911. The highest BCUT2D eigenvalue weighted by atomic mass is 16.4. The van der Waals surface area contributed by atoms with Gasteiger partial charge in [-0.1, -0.05) is 18.2 Å². The number of anilines is 1. The maximum atomic E-state index is 10.7. The molecule has 3 N–H and O–H groups in total. The van der Waals surface area contributed by atoms with E-state index in [1.54, 1.807) is 6.07 Å². The number of pyridine rings is 1. The molecule has 2 rings (SSSR count). The van der Waals surface area contributed by atoms with Crippen molar-refractivity contribution in [3.63, 3.8) is 0 Å². The van der Waals surface area contributed by atoms with Crippen molar-refractivity contribution in [3.8, 4) is 0 Å². The fourth-order valence-corrected chi connectivity index (χ4v) is 1.81. The second-order valence-electron chi connectivity index (χ2n) is 3.90. The molecule has 0 aliphatic rings. The van der Waals surface area contributed by atoms with Gasteiger partial charge >= 0.3 is 5.97 Å². The maximum Gasteiger partial charge on any atom is 0.309 e. The SMILES string of the molecule is O=C(O)Cc1cc(NCCO)c2ccccc2n1. The molecule has 0 fully saturated rings. The molecule has 0 aliphatic heterocycles. The van der Waals surface area contributed by atoms with Gasteiger partial charge < -0.3 is 15.5 Å². The third-order valence-corrected chi connectivity index (χ3v) is 2.53. The van der Waals surface area contributed by atoms with Crippen LogP contribution >= 0.6 is 0 Å². The molecule has 0 spiro atoms. The number of para-hydroxylation sites is 1. The zero-order valence-corrected chi connectivity index (χ0v) is 9.76. The fraction of sp³-hybridized carbons (Fsp3) is 0.231. The first kappa shape index (κ1) is 12.3. The molecule has 18 heavy (non-hydrogen) atoms. The number of benzene rings is 1. The second-order valence-corrected chi connectivity index (χ2v) is 3.90. The first-order chi connectivity index (χ1) is 8.70. The van der Waals surface area contributed by atoms with Crippen LogP contribution in [0, 0.1) is 0 Å². The number of hydrogen-bond donors (Lipinski definition) is 3. The largest absolute Gasteiger partial charge is 0.481 e. The van der Waals surface area contributed by atoms with E-state index in [0.717, 1.165) is 16.6 Å². The topological polar surface area (TPSA) is 82.5 Å². The zero-order valence-electron chi connectivity index (χ0n) is 9.76. The molecule has 1 heterocycles. The highest BCUT2D eigenvalue weighted by Gasteiger charge is 2.07. The van der Waals surface area contributed by atoms with Crippen molar-refractivity contribution in [1.29, 1.82) is 0 Å². The summed E-state index contributed by atoms with van der Waals surface area (Å²) in [6, 6.07) is 9.21. The number of carbonyl (C=O) groups is 1. The number of aliphatic carboxylic acids is 1. The van der Waals surface area contributed by atoms with Crippen molar-refractivity contribution in [2.24, 2.45) is 0 Å². The molecular formula is C13H14N2O3. The van der Waals surface area contributed by atoms with Crippen LogP contribution in [0.5, 0.6) is 0 Å². The Morgan fingerprint density at radius 3 is 2.83 bits per heavy atom. The predicted molar refractivity (Wildman–Crippen MR) is 68.7 cm³/mol. The van der Waals surface area contributed by atoms with Crippen LogP contribution in [0.3, 0.4) is 0 Å². The van der Waals surface area contributed by atoms with Crippen LogP contribution in [0.25, 0.3) is 10.9 Å². The van der Waals surface area contributed by atoms with Gasteiger partial charge in [-0.25, -0.2) is 0 Å². The summed E-state index contributed by atoms with van der Waals surface area (Å²) in [6.07, 6.45) is -0.112. The molecule has 0 aliphatic carbocycles. The standard InChI is InChI=1S/C13H14N2O3/c16-6-5-14-12-7-9(8-13(17)18)15-11-4-2-1-3-10(11)12/h1-4,7,16H,5-6,8H2,(H,14,15)(H,17,18). The van der Waals surface area contributed by atoms with Crippen molar-refractivity contribution in [2.45, 2.75) is 6.42 Å². The van der Waals surface area contributed by atoms with Gasteiger partial charge in [0.05, 0.1) is 24.2 Å². The summed E-state index contributed by atoms with van der Waals surface area (Å²) in [7, 11) is 0. The Hall–Kier alpha value is -2.14. The molecule has 1 aromatic heterocycles. The van der Waals surface area contributed by atoms with E-state index in [1.807, 2.05) is 24.3 Å². The molecule has 0 saturated heterocycles. The molecule has 0 atom stereocenters. The summed E-state index contributed by atoms with van der Waals surface area (Å²) in [4.78, 5) is 15.0. The van der Waals surface area contributed by atoms with E-state index in [-0.39, 0.29) is 13.0 Å². The molecule has 1 aromatic carbocycles. The van der Waals surface area contributed by atoms with Gasteiger partial charge in [0.2, 0.25) is 0 Å². The number of hydrogen-bond acceptors (Lipinski definition) is 4. The average molecular weight is 246 g/mol. The van der Waals surface area contributed by atoms with Gasteiger partial charge in [0.25, 0.3) is 0 Å². The number of nitrogens with zero attached hydrogens (tertiary/aromatic N) is 1. The molecule has 5 heteroatoms. The Kier molecular flexibility index (Phi) is 3.74. The number of fused-ring (bicyclic) bond motifs is 1. The molecule has 0 unspecified atom stereocenters. The molecule has 5 nitrogen and oxygen atoms in total. The third-order valence-electron chi connectivity index (χ3n) is 2.53. The van der Waals surface area contributed by atoms with Gasteiger partial charge in [0.1, 0.15) is 0 Å². The quantitative estimate of drug-likeness (QED) is 0.740. The van der Waals surface area contributed by atoms with Crippen molar-refractivity contribution < 1.29 is 15.0 Å². The summed E-state index contributed by atoms with van der Waals surface area (Å²) in [6.45, 7) is 0.436. The monoisotopic (exact) mass is 246 g/mol. The minimum atomic E-state index is -0.911. The van der Waals surface area contributed by atoms with Crippen LogP contribution in [0.2, 0.25) is 0 Å². The van der Waals surface area contributed by atoms with Gasteiger partial charge in [0.15, 0.2) is 0 Å². The zero-order chi connectivity index (χ0) is 13.0. The van der Waals surface area contributed by atoms with Crippen LogP contribution < -0.4 is 5.32 Å². The van der Waals surface area contributed by atoms with Crippen molar-refractivity contribution >= 4 is 22.6 Å². The van der Waals surface area contributed by atoms with E-state index < -0.39 is 5.97 Å². The second kappa shape index (κ2) is 5.46. The molecular weight excluding hydrogens is 232 g/mol. The van der Waals surface area contributed by atoms with E-state index in [9.17, 15) is 4.79 Å². The number of aromatic nitrogens is 1. The number of nitrogens with one attached hydrogen (secondary N) is 1. The molecule has 0 bridgehead atoms. The first-order valence-corrected chi connectivity index (χ1v) is 5.66. The van der Waals surface area contributed by atoms with E-state index >= 15 is 0 Å². The van der Waals surface area contributed by atoms with Crippen molar-refractivity contribution in [1.82, 2.24) is 4.98 Å². The molecule has 0 amide bonds. The lowest BCUT2D eigenvalue weighted by Crippen LogP contribution is -2.08. The number of carboxylic acids is 1. The van der Waals surface area contributed by atoms with Crippen LogP contribution in [0.1, 0.15) is 5.69 Å². The van der Waals surface area contributed by atoms with Crippen molar-refractivity contribution in [3.05, 3.63) is 36.0 Å². The Labute approximate surface area is 104 Å². The van der Waals surface area contributed by atoms with Crippen LogP contribution in [0.4, 0.5) is 5.69 Å². The lowest BCUT2D eigenvalue weighted by molar-refractivity contribution is -0.136. The third kappa shape index (κ3) is 2.75. The Balaban J connectivity index is 2.46. The summed E-state index contributed by atoms with van der Waals surface area (Å²) < 4.78 is 0. The maximum absolute atomic E-state index is 10.7. The summed E-state index contributed by atoms with van der Waals surface area (Å²) in [5, 5.41) is 21.6. The minimum Gasteiger partial charge on any atom is -0.481 e. The Morgan fingerprint density at radius 1 is 1.33 bits per heavy atom. The molecule has 2 aromatic rings. The normalized spacial score (nSPS) is 10.5. The smallest absolute Gasteiger partial charge is 0.309 e. The van der Waals surface area contributed by atoms with E-state index in [4.69, 9.17) is 10.2 Å². The highest BCUT2D eigenvalue weighted by molar-refractivity contribution is 5.91. The number of rotatable bonds is 5. The van der Waals surface area contributed by atoms with Crippen molar-refractivity contribution in [2.75, 3.05) is 18.5 Å². The number of carboxylic acid groups (broad SMARTS) is 1. The minimum absolute atomic E-state index is 0.0188. The van der Waals surface area contributed by atoms with Crippen LogP contribution in [-0.4, -0.2) is 34.3 Å². The molecule has 94 valence electrons. The van der Waals surface area contributed by atoms with Gasteiger partial charge in [0, 0.05) is 17.6 Å². The van der Waals surface area contributed by atoms with E-state index in [0.29, 0.717) is 12.2 Å². The summed E-state index contributed by atoms with van der Waals surface area (Å²) >= 11 is 0. The lowest BCUT2D eigenvalue weighted by atomic mass is 10.1. The van der Waals surface area contributed by atoms with Gasteiger partial charge in [-0.15, -0.1) is 0 Å². The van der Waals surface area contributed by atoms with Gasteiger partial charge in [-0.2, -0.15) is 0 Å². The van der Waals surface area contributed by atoms with E-state index in [2.05, 4.69) is 10.3 Å². The predicted octanol–water partition coefficient (Wildman–Crippen LogP) is 1.27. The Morgan fingerprint density at radius 2 is 2.11 bits per heavy atom. The summed E-state index contributed by atoms with van der Waals surface area (Å²) in [5.41, 5.74) is 2.05. The molecule has 0 saturated carbocycles. The van der Waals surface area contributed by atoms with E-state index in [1.165, 1.54) is 0 Å². The molecule has 0 radical (unpaired) electrons.